The maximum absolute atomic E-state index is 10.8. The van der Waals surface area contributed by atoms with Gasteiger partial charge in [0.25, 0.3) is 5.69 Å². The number of halogens is 1. The van der Waals surface area contributed by atoms with Crippen LogP contribution in [0.15, 0.2) is 46.9 Å². The van der Waals surface area contributed by atoms with Crippen molar-refractivity contribution in [2.24, 2.45) is 0 Å². The normalized spacial score (nSPS) is 9.60. The van der Waals surface area contributed by atoms with Crippen molar-refractivity contribution >= 4 is 33.0 Å². The minimum absolute atomic E-state index is 0.140. The van der Waals surface area contributed by atoms with Crippen LogP contribution >= 0.6 is 15.9 Å². The smallest absolute Gasteiger partial charge is 0.272 e. The molecule has 7 heteroatoms. The highest BCUT2D eigenvalue weighted by Gasteiger charge is 2.15. The van der Waals surface area contributed by atoms with Crippen LogP contribution < -0.4 is 10.9 Å². The standard InChI is InChI=1S/C13H9BrN4O2/c14-12-7-11(18(19)20)6-9(8-15)13(12)17-16-10-4-2-1-3-5-10/h1-7,16-17H. The second-order valence-electron chi connectivity index (χ2n) is 3.84. The van der Waals surface area contributed by atoms with Crippen LogP contribution in [-0.2, 0) is 0 Å². The molecule has 0 aromatic heterocycles. The first-order valence-electron chi connectivity index (χ1n) is 5.57. The number of nitrogens with zero attached hydrogens (tertiary/aromatic N) is 2. The van der Waals surface area contributed by atoms with E-state index in [0.29, 0.717) is 10.2 Å². The van der Waals surface area contributed by atoms with E-state index in [1.807, 2.05) is 36.4 Å². The molecule has 20 heavy (non-hydrogen) atoms. The minimum atomic E-state index is -0.542. The molecule has 2 rings (SSSR count). The van der Waals surface area contributed by atoms with Crippen molar-refractivity contribution in [3.05, 3.63) is 62.6 Å². The Kier molecular flexibility index (Phi) is 4.17. The second kappa shape index (κ2) is 6.04. The van der Waals surface area contributed by atoms with Crippen LogP contribution in [0.1, 0.15) is 5.56 Å². The summed E-state index contributed by atoms with van der Waals surface area (Å²) >= 11 is 3.22. The largest absolute Gasteiger partial charge is 0.301 e. The van der Waals surface area contributed by atoms with Gasteiger partial charge in [-0.1, -0.05) is 18.2 Å². The molecular formula is C13H9BrN4O2. The Hall–Kier alpha value is -2.59. The first-order valence-corrected chi connectivity index (χ1v) is 6.36. The summed E-state index contributed by atoms with van der Waals surface area (Å²) in [6, 6.07) is 13.8. The van der Waals surface area contributed by atoms with Gasteiger partial charge >= 0.3 is 0 Å². The van der Waals surface area contributed by atoms with Crippen LogP contribution in [0.4, 0.5) is 17.1 Å². The zero-order valence-corrected chi connectivity index (χ0v) is 11.7. The quantitative estimate of drug-likeness (QED) is 0.658. The summed E-state index contributed by atoms with van der Waals surface area (Å²) < 4.78 is 0.437. The molecule has 0 spiro atoms. The highest BCUT2D eigenvalue weighted by Crippen LogP contribution is 2.31. The van der Waals surface area contributed by atoms with Crippen LogP contribution in [0.3, 0.4) is 0 Å². The topological polar surface area (TPSA) is 91.0 Å². The highest BCUT2D eigenvalue weighted by molar-refractivity contribution is 9.10. The van der Waals surface area contributed by atoms with E-state index in [1.54, 1.807) is 0 Å². The zero-order chi connectivity index (χ0) is 14.5. The Morgan fingerprint density at radius 2 is 1.90 bits per heavy atom. The highest BCUT2D eigenvalue weighted by atomic mass is 79.9. The predicted molar refractivity (Wildman–Crippen MR) is 79.2 cm³/mol. The molecule has 0 aliphatic heterocycles. The molecule has 0 saturated heterocycles. The average molecular weight is 333 g/mol. The van der Waals surface area contributed by atoms with E-state index >= 15 is 0 Å². The summed E-state index contributed by atoms with van der Waals surface area (Å²) in [7, 11) is 0. The molecule has 6 nitrogen and oxygen atoms in total. The lowest BCUT2D eigenvalue weighted by Gasteiger charge is -2.12. The molecule has 0 saturated carbocycles. The SMILES string of the molecule is N#Cc1cc([N+](=O)[O-])cc(Br)c1NNc1ccccc1. The maximum atomic E-state index is 10.8. The van der Waals surface area contributed by atoms with Gasteiger partial charge in [0.15, 0.2) is 0 Å². The van der Waals surface area contributed by atoms with E-state index in [1.165, 1.54) is 12.1 Å². The van der Waals surface area contributed by atoms with Gasteiger partial charge in [-0.05, 0) is 28.1 Å². The Bertz CT molecular complexity index is 683. The molecule has 0 amide bonds. The number of benzene rings is 2. The van der Waals surface area contributed by atoms with E-state index < -0.39 is 4.92 Å². The molecule has 100 valence electrons. The Labute approximate surface area is 123 Å². The number of nitrogens with one attached hydrogen (secondary N) is 2. The van der Waals surface area contributed by atoms with E-state index in [-0.39, 0.29) is 11.3 Å². The molecule has 0 fully saturated rings. The van der Waals surface area contributed by atoms with Gasteiger partial charge in [-0.15, -0.1) is 0 Å². The van der Waals surface area contributed by atoms with Gasteiger partial charge in [0.05, 0.1) is 26.3 Å². The lowest BCUT2D eigenvalue weighted by molar-refractivity contribution is -0.384. The summed E-state index contributed by atoms with van der Waals surface area (Å²) in [5.74, 6) is 0. The van der Waals surface area contributed by atoms with Crippen molar-refractivity contribution in [3.63, 3.8) is 0 Å². The van der Waals surface area contributed by atoms with Crippen molar-refractivity contribution < 1.29 is 4.92 Å². The van der Waals surface area contributed by atoms with Crippen molar-refractivity contribution in [2.45, 2.75) is 0 Å². The van der Waals surface area contributed by atoms with Crippen molar-refractivity contribution in [3.8, 4) is 6.07 Å². The second-order valence-corrected chi connectivity index (χ2v) is 4.69. The average Bonchev–Trinajstić information content (AvgIpc) is 2.46. The number of para-hydroxylation sites is 1. The summed E-state index contributed by atoms with van der Waals surface area (Å²) in [6.45, 7) is 0. The number of rotatable bonds is 4. The number of hydrazine groups is 1. The molecule has 2 aromatic carbocycles. The minimum Gasteiger partial charge on any atom is -0.301 e. The molecule has 0 bridgehead atoms. The van der Waals surface area contributed by atoms with Crippen LogP contribution in [-0.4, -0.2) is 4.92 Å². The Morgan fingerprint density at radius 1 is 1.20 bits per heavy atom. The van der Waals surface area contributed by atoms with E-state index in [0.717, 1.165) is 5.69 Å². The van der Waals surface area contributed by atoms with Crippen molar-refractivity contribution in [1.29, 1.82) is 5.26 Å². The maximum Gasteiger partial charge on any atom is 0.272 e. The van der Waals surface area contributed by atoms with Gasteiger partial charge in [-0.2, -0.15) is 5.26 Å². The third-order valence-corrected chi connectivity index (χ3v) is 3.14. The predicted octanol–water partition coefficient (Wildman–Crippen LogP) is 3.67. The molecule has 0 heterocycles. The first-order chi connectivity index (χ1) is 9.61. The monoisotopic (exact) mass is 332 g/mol. The van der Waals surface area contributed by atoms with Gasteiger partial charge in [0.2, 0.25) is 0 Å². The fraction of sp³-hybridized carbons (Fsp3) is 0. The number of hydrogen-bond donors (Lipinski definition) is 2. The molecule has 2 aromatic rings. The van der Waals surface area contributed by atoms with Crippen LogP contribution in [0, 0.1) is 21.4 Å². The number of nitro benzene ring substituents is 1. The first kappa shape index (κ1) is 13.8. The number of hydrogen-bond acceptors (Lipinski definition) is 5. The van der Waals surface area contributed by atoms with E-state index in [4.69, 9.17) is 5.26 Å². The van der Waals surface area contributed by atoms with Crippen LogP contribution in [0.5, 0.6) is 0 Å². The van der Waals surface area contributed by atoms with Crippen molar-refractivity contribution in [1.82, 2.24) is 0 Å². The number of non-ortho nitro benzene ring substituents is 1. The Balaban J connectivity index is 2.28. The molecule has 0 atom stereocenters. The summed E-state index contributed by atoms with van der Waals surface area (Å²) in [5.41, 5.74) is 7.09. The Morgan fingerprint density at radius 3 is 2.50 bits per heavy atom. The molecule has 0 aliphatic rings. The number of nitro groups is 1. The fourth-order valence-corrected chi connectivity index (χ4v) is 2.12. The number of nitriles is 1. The van der Waals surface area contributed by atoms with Gasteiger partial charge in [-0.25, -0.2) is 0 Å². The lowest BCUT2D eigenvalue weighted by Crippen LogP contribution is -2.10. The molecule has 0 unspecified atom stereocenters. The van der Waals surface area contributed by atoms with Gasteiger partial charge < -0.3 is 5.43 Å². The lowest BCUT2D eigenvalue weighted by atomic mass is 10.2. The summed E-state index contributed by atoms with van der Waals surface area (Å²) in [5, 5.41) is 19.8. The van der Waals surface area contributed by atoms with Gasteiger partial charge in [0, 0.05) is 12.1 Å². The van der Waals surface area contributed by atoms with Crippen LogP contribution in [0.2, 0.25) is 0 Å². The van der Waals surface area contributed by atoms with E-state index in [2.05, 4.69) is 26.8 Å². The van der Waals surface area contributed by atoms with E-state index in [9.17, 15) is 10.1 Å². The molecular weight excluding hydrogens is 324 g/mol. The third-order valence-electron chi connectivity index (χ3n) is 2.51. The van der Waals surface area contributed by atoms with Crippen molar-refractivity contribution in [2.75, 3.05) is 10.9 Å². The zero-order valence-electron chi connectivity index (χ0n) is 10.1. The van der Waals surface area contributed by atoms with Gasteiger partial charge in [-0.3, -0.25) is 15.5 Å². The molecule has 0 aliphatic carbocycles. The summed E-state index contributed by atoms with van der Waals surface area (Å²) in [6.07, 6.45) is 0. The fourth-order valence-electron chi connectivity index (χ4n) is 1.57. The third kappa shape index (κ3) is 3.05. The number of anilines is 2. The molecule has 2 N–H and O–H groups in total. The molecule has 0 radical (unpaired) electrons. The van der Waals surface area contributed by atoms with Gasteiger partial charge in [0.1, 0.15) is 6.07 Å². The summed E-state index contributed by atoms with van der Waals surface area (Å²) in [4.78, 5) is 10.2. The van der Waals surface area contributed by atoms with Crippen LogP contribution in [0.25, 0.3) is 0 Å².